The second-order valence-corrected chi connectivity index (χ2v) is 16.7. The predicted octanol–water partition coefficient (Wildman–Crippen LogP) is 10.5. The Morgan fingerprint density at radius 2 is 1.00 bits per heavy atom. The summed E-state index contributed by atoms with van der Waals surface area (Å²) in [5.74, 6) is 3.86. The molecule has 0 spiro atoms. The normalized spacial score (nSPS) is 16.0. The van der Waals surface area contributed by atoms with Gasteiger partial charge in [0.1, 0.15) is 11.6 Å². The summed E-state index contributed by atoms with van der Waals surface area (Å²) < 4.78 is 8.04. The van der Waals surface area contributed by atoms with Gasteiger partial charge in [-0.15, -0.1) is 0 Å². The van der Waals surface area contributed by atoms with Crippen LogP contribution in [0.2, 0.25) is 10.0 Å². The molecule has 2 aliphatic heterocycles. The lowest BCUT2D eigenvalue weighted by Crippen LogP contribution is -2.17. The van der Waals surface area contributed by atoms with E-state index in [2.05, 4.69) is 34.2 Å². The lowest BCUT2D eigenvalue weighted by molar-refractivity contribution is 0.445. The van der Waals surface area contributed by atoms with Gasteiger partial charge in [0.15, 0.2) is 11.6 Å². The highest BCUT2D eigenvalue weighted by Gasteiger charge is 2.27. The number of halogens is 2. The third-order valence-corrected chi connectivity index (χ3v) is 11.7. The SMILES string of the molecule is Cc1cn(-c2ccc(/C=C/c3nc4n(n3)CCC[C@@H]4c3cccc(Cl)c3)nc2C)cn1.Cc1cn(-c2ccc(/C=C/c3nc4n(n3)CCC[C@H]4c3cccc(Cl)c3)nc2C)cn1. The van der Waals surface area contributed by atoms with Crippen LogP contribution in [-0.4, -0.2) is 58.6 Å². The van der Waals surface area contributed by atoms with E-state index in [1.807, 2.05) is 144 Å². The molecular weight excluding hydrogens is 816 g/mol. The predicted molar refractivity (Wildman–Crippen MR) is 245 cm³/mol. The van der Waals surface area contributed by atoms with E-state index >= 15 is 0 Å². The molecule has 62 heavy (non-hydrogen) atoms. The molecule has 0 saturated heterocycles. The topological polar surface area (TPSA) is 123 Å². The van der Waals surface area contributed by atoms with Gasteiger partial charge in [-0.3, -0.25) is 9.97 Å². The monoisotopic (exact) mass is 860 g/mol. The summed E-state index contributed by atoms with van der Waals surface area (Å²) in [6.07, 6.45) is 19.7. The molecule has 0 unspecified atom stereocenters. The highest BCUT2D eigenvalue weighted by atomic mass is 35.5. The summed E-state index contributed by atoms with van der Waals surface area (Å²) in [5, 5.41) is 10.9. The minimum Gasteiger partial charge on any atom is -0.304 e. The molecule has 0 fully saturated rings. The van der Waals surface area contributed by atoms with E-state index in [0.29, 0.717) is 11.6 Å². The maximum absolute atomic E-state index is 6.21. The van der Waals surface area contributed by atoms with Crippen LogP contribution in [0.3, 0.4) is 0 Å². The van der Waals surface area contributed by atoms with Crippen molar-refractivity contribution >= 4 is 47.5 Å². The molecule has 2 aromatic carbocycles. The zero-order valence-corrected chi connectivity index (χ0v) is 36.6. The van der Waals surface area contributed by atoms with Crippen molar-refractivity contribution in [2.24, 2.45) is 0 Å². The average molecular weight is 862 g/mol. The molecule has 0 radical (unpaired) electrons. The van der Waals surface area contributed by atoms with Crippen molar-refractivity contribution in [3.8, 4) is 11.4 Å². The molecule has 2 aliphatic rings. The van der Waals surface area contributed by atoms with Gasteiger partial charge < -0.3 is 9.13 Å². The molecule has 0 aliphatic carbocycles. The fourth-order valence-corrected chi connectivity index (χ4v) is 8.66. The Kier molecular flexibility index (Phi) is 11.8. The number of hydrogen-bond acceptors (Lipinski definition) is 8. The van der Waals surface area contributed by atoms with E-state index in [9.17, 15) is 0 Å². The molecule has 0 N–H and O–H groups in total. The van der Waals surface area contributed by atoms with Crippen molar-refractivity contribution in [1.29, 1.82) is 0 Å². The second kappa shape index (κ2) is 17.8. The number of rotatable bonds is 8. The number of nitrogens with zero attached hydrogens (tertiary/aromatic N) is 12. The Balaban J connectivity index is 0.000000158. The molecular formula is C48H46Cl2N12. The standard InChI is InChI=1S/2C24H23ClN6/c2*1-16-14-30(15-26-16)22-10-8-20(27-17(22)2)9-11-23-28-24-21(7-4-12-31(24)29-23)18-5-3-6-19(25)13-18/h2*3,5-6,8-11,13-15,21H,4,7,12H2,1-2H3/b2*11-9+/t2*21-/m10/s1. The number of imidazole rings is 2. The number of pyridine rings is 2. The minimum atomic E-state index is 0.223. The third-order valence-electron chi connectivity index (χ3n) is 11.2. The molecule has 10 rings (SSSR count). The molecule has 8 heterocycles. The van der Waals surface area contributed by atoms with Crippen molar-refractivity contribution < 1.29 is 0 Å². The molecule has 0 saturated carbocycles. The highest BCUT2D eigenvalue weighted by Crippen LogP contribution is 2.35. The van der Waals surface area contributed by atoms with Gasteiger partial charge in [0.25, 0.3) is 0 Å². The second-order valence-electron chi connectivity index (χ2n) is 15.8. The van der Waals surface area contributed by atoms with Crippen LogP contribution in [0, 0.1) is 27.7 Å². The third kappa shape index (κ3) is 9.07. The highest BCUT2D eigenvalue weighted by molar-refractivity contribution is 6.30. The molecule has 0 bridgehead atoms. The number of aryl methyl sites for hydroxylation is 6. The summed E-state index contributed by atoms with van der Waals surface area (Å²) in [7, 11) is 0. The van der Waals surface area contributed by atoms with Crippen LogP contribution in [0.15, 0.2) is 97.8 Å². The van der Waals surface area contributed by atoms with Gasteiger partial charge >= 0.3 is 0 Å². The number of hydrogen-bond donors (Lipinski definition) is 0. The summed E-state index contributed by atoms with van der Waals surface area (Å²) in [4.78, 5) is 27.7. The zero-order valence-electron chi connectivity index (χ0n) is 35.1. The molecule has 2 atom stereocenters. The first-order valence-electron chi connectivity index (χ1n) is 20.9. The van der Waals surface area contributed by atoms with Gasteiger partial charge in [-0.25, -0.2) is 29.3 Å². The summed E-state index contributed by atoms with van der Waals surface area (Å²) in [6.45, 7) is 9.75. The Morgan fingerprint density at radius 3 is 1.39 bits per heavy atom. The lowest BCUT2D eigenvalue weighted by atomic mass is 9.91. The fourth-order valence-electron chi connectivity index (χ4n) is 8.26. The first-order chi connectivity index (χ1) is 30.1. The van der Waals surface area contributed by atoms with Crippen LogP contribution in [0.5, 0.6) is 0 Å². The van der Waals surface area contributed by atoms with Crippen LogP contribution in [0.1, 0.15) is 106 Å². The van der Waals surface area contributed by atoms with Crippen LogP contribution in [0.25, 0.3) is 35.7 Å². The van der Waals surface area contributed by atoms with Crippen LogP contribution < -0.4 is 0 Å². The zero-order chi connectivity index (χ0) is 42.7. The van der Waals surface area contributed by atoms with Gasteiger partial charge in [0, 0.05) is 47.4 Å². The summed E-state index contributed by atoms with van der Waals surface area (Å²) >= 11 is 12.4. The summed E-state index contributed by atoms with van der Waals surface area (Å²) in [6, 6.07) is 24.2. The van der Waals surface area contributed by atoms with Crippen molar-refractivity contribution in [3.05, 3.63) is 176 Å². The van der Waals surface area contributed by atoms with Crippen LogP contribution in [-0.2, 0) is 13.1 Å². The van der Waals surface area contributed by atoms with Crippen LogP contribution in [0.4, 0.5) is 0 Å². The number of fused-ring (bicyclic) bond motifs is 2. The Labute approximate surface area is 370 Å². The smallest absolute Gasteiger partial charge is 0.174 e. The molecule has 14 heteroatoms. The molecule has 12 nitrogen and oxygen atoms in total. The van der Waals surface area contributed by atoms with Gasteiger partial charge in [-0.2, -0.15) is 10.2 Å². The summed E-state index contributed by atoms with van der Waals surface area (Å²) in [5.41, 5.74) is 10.0. The number of benzene rings is 2. The molecule has 312 valence electrons. The first kappa shape index (κ1) is 40.9. The van der Waals surface area contributed by atoms with Crippen molar-refractivity contribution in [3.63, 3.8) is 0 Å². The van der Waals surface area contributed by atoms with Gasteiger partial charge in [-0.1, -0.05) is 47.5 Å². The Hall–Kier alpha value is -6.50. The van der Waals surface area contributed by atoms with Gasteiger partial charge in [0.2, 0.25) is 0 Å². The maximum Gasteiger partial charge on any atom is 0.174 e. The van der Waals surface area contributed by atoms with Gasteiger partial charge in [-0.05, 0) is 137 Å². The fraction of sp³-hybridized carbons (Fsp3) is 0.250. The first-order valence-corrected chi connectivity index (χ1v) is 21.6. The molecule has 6 aromatic heterocycles. The molecule has 0 amide bonds. The molecule has 8 aromatic rings. The minimum absolute atomic E-state index is 0.223. The van der Waals surface area contributed by atoms with E-state index in [1.165, 1.54) is 11.1 Å². The maximum atomic E-state index is 6.21. The van der Waals surface area contributed by atoms with E-state index in [0.717, 1.165) is 106 Å². The van der Waals surface area contributed by atoms with E-state index in [-0.39, 0.29) is 11.8 Å². The average Bonchev–Trinajstić information content (AvgIpc) is 4.09. The van der Waals surface area contributed by atoms with Crippen molar-refractivity contribution in [2.45, 2.75) is 78.3 Å². The van der Waals surface area contributed by atoms with E-state index in [1.54, 1.807) is 0 Å². The largest absolute Gasteiger partial charge is 0.304 e. The van der Waals surface area contributed by atoms with Gasteiger partial charge in [0.05, 0.1) is 58.2 Å². The quantitative estimate of drug-likeness (QED) is 0.148. The van der Waals surface area contributed by atoms with Crippen molar-refractivity contribution in [2.75, 3.05) is 0 Å². The number of aromatic nitrogens is 12. The Morgan fingerprint density at radius 1 is 0.548 bits per heavy atom. The Bertz CT molecular complexity index is 2740. The van der Waals surface area contributed by atoms with Crippen LogP contribution >= 0.6 is 23.2 Å². The van der Waals surface area contributed by atoms with E-state index < -0.39 is 0 Å². The van der Waals surface area contributed by atoms with Crippen molar-refractivity contribution in [1.82, 2.24) is 58.6 Å². The lowest BCUT2D eigenvalue weighted by Gasteiger charge is -2.22. The van der Waals surface area contributed by atoms with E-state index in [4.69, 9.17) is 53.3 Å².